The number of thiophene rings is 1. The number of amides is 2. The first kappa shape index (κ1) is 23.7. The highest BCUT2D eigenvalue weighted by Gasteiger charge is 2.23. The lowest BCUT2D eigenvalue weighted by Gasteiger charge is -2.34. The van der Waals surface area contributed by atoms with Crippen molar-refractivity contribution in [3.8, 4) is 0 Å². The van der Waals surface area contributed by atoms with E-state index in [1.54, 1.807) is 23.5 Å². The average Bonchev–Trinajstić information content (AvgIpc) is 3.26. The normalized spacial score (nSPS) is 16.3. The quantitative estimate of drug-likeness (QED) is 0.493. The molecule has 1 fully saturated rings. The Morgan fingerprint density at radius 2 is 1.83 bits per heavy atom. The molecule has 0 bridgehead atoms. The van der Waals surface area contributed by atoms with Crippen molar-refractivity contribution in [1.29, 1.82) is 0 Å². The second-order valence-corrected chi connectivity index (χ2v) is 10.4. The molecule has 8 nitrogen and oxygen atoms in total. The third kappa shape index (κ3) is 5.46. The number of hydrogen-bond donors (Lipinski definition) is 2. The summed E-state index contributed by atoms with van der Waals surface area (Å²) in [6.45, 7) is 3.89. The highest BCUT2D eigenvalue weighted by atomic mass is 32.1. The molecule has 9 heteroatoms. The van der Waals surface area contributed by atoms with Crippen LogP contribution in [0.1, 0.15) is 52.3 Å². The highest BCUT2D eigenvalue weighted by molar-refractivity contribution is 7.18. The highest BCUT2D eigenvalue weighted by Crippen LogP contribution is 2.33. The van der Waals surface area contributed by atoms with Gasteiger partial charge in [-0.1, -0.05) is 18.2 Å². The number of benzene rings is 1. The maximum Gasteiger partial charge on any atom is 0.259 e. The molecule has 2 aliphatic rings. The molecule has 5 rings (SSSR count). The van der Waals surface area contributed by atoms with Crippen molar-refractivity contribution in [2.24, 2.45) is 0 Å². The first-order chi connectivity index (χ1) is 17.1. The van der Waals surface area contributed by atoms with Gasteiger partial charge >= 0.3 is 0 Å². The van der Waals surface area contributed by atoms with Crippen LogP contribution in [0.25, 0.3) is 10.2 Å². The van der Waals surface area contributed by atoms with E-state index >= 15 is 0 Å². The summed E-state index contributed by atoms with van der Waals surface area (Å²) in [5.74, 6) is 0.713. The van der Waals surface area contributed by atoms with E-state index in [9.17, 15) is 14.4 Å². The molecule has 1 aromatic carbocycles. The Balaban J connectivity index is 1.08. The minimum absolute atomic E-state index is 0.0161. The molecule has 3 heterocycles. The van der Waals surface area contributed by atoms with Crippen molar-refractivity contribution in [1.82, 2.24) is 25.1 Å². The number of nitrogens with zero attached hydrogens (tertiary/aromatic N) is 3. The van der Waals surface area contributed by atoms with E-state index < -0.39 is 0 Å². The van der Waals surface area contributed by atoms with Crippen LogP contribution in [0.4, 0.5) is 0 Å². The number of fused-ring (bicyclic) bond motifs is 3. The maximum absolute atomic E-state index is 12.8. The Bertz CT molecular complexity index is 1260. The van der Waals surface area contributed by atoms with E-state index in [1.807, 2.05) is 23.1 Å². The average molecular weight is 494 g/mol. The number of hydrogen-bond acceptors (Lipinski definition) is 6. The zero-order valence-corrected chi connectivity index (χ0v) is 20.7. The van der Waals surface area contributed by atoms with Crippen molar-refractivity contribution in [3.63, 3.8) is 0 Å². The molecule has 0 radical (unpaired) electrons. The summed E-state index contributed by atoms with van der Waals surface area (Å²) in [5, 5.41) is 3.67. The molecular weight excluding hydrogens is 462 g/mol. The van der Waals surface area contributed by atoms with Crippen LogP contribution in [0, 0.1) is 0 Å². The Hall–Kier alpha value is -3.04. The SMILES string of the molecule is O=C(NCCCC(=O)N1CCN(Cc2nc3sc4c(c3c(=O)[nH]2)CCCC4)CC1)c1ccccc1. The first-order valence-corrected chi connectivity index (χ1v) is 13.3. The summed E-state index contributed by atoms with van der Waals surface area (Å²) in [5.41, 5.74) is 1.82. The van der Waals surface area contributed by atoms with E-state index in [4.69, 9.17) is 4.98 Å². The second-order valence-electron chi connectivity index (χ2n) is 9.29. The van der Waals surface area contributed by atoms with Gasteiger partial charge in [-0.3, -0.25) is 19.3 Å². The molecule has 0 unspecified atom stereocenters. The summed E-state index contributed by atoms with van der Waals surface area (Å²) >= 11 is 1.68. The van der Waals surface area contributed by atoms with Gasteiger partial charge in [0.15, 0.2) is 0 Å². The summed E-state index contributed by atoms with van der Waals surface area (Å²) in [7, 11) is 0. The van der Waals surface area contributed by atoms with Crippen molar-refractivity contribution in [3.05, 3.63) is 62.5 Å². The van der Waals surface area contributed by atoms with E-state index in [2.05, 4.69) is 15.2 Å². The lowest BCUT2D eigenvalue weighted by atomic mass is 9.97. The number of carbonyl (C=O) groups excluding carboxylic acids is 2. The van der Waals surface area contributed by atoms with Crippen LogP contribution in [0.3, 0.4) is 0 Å². The topological polar surface area (TPSA) is 98.4 Å². The monoisotopic (exact) mass is 493 g/mol. The van der Waals surface area contributed by atoms with Gasteiger partial charge in [0.2, 0.25) is 5.91 Å². The van der Waals surface area contributed by atoms with E-state index in [0.29, 0.717) is 50.4 Å². The zero-order chi connectivity index (χ0) is 24.2. The van der Waals surface area contributed by atoms with E-state index in [-0.39, 0.29) is 17.4 Å². The fraction of sp³-hybridized carbons (Fsp3) is 0.462. The maximum atomic E-state index is 12.8. The van der Waals surface area contributed by atoms with Crippen molar-refractivity contribution >= 4 is 33.4 Å². The van der Waals surface area contributed by atoms with Gasteiger partial charge in [-0.15, -0.1) is 11.3 Å². The molecule has 0 spiro atoms. The van der Waals surface area contributed by atoms with Gasteiger partial charge in [0.25, 0.3) is 11.5 Å². The number of aromatic amines is 1. The van der Waals surface area contributed by atoms with Gasteiger partial charge in [0.1, 0.15) is 10.7 Å². The Kier molecular flexibility index (Phi) is 7.24. The molecule has 1 aliphatic heterocycles. The lowest BCUT2D eigenvalue weighted by Crippen LogP contribution is -2.48. The van der Waals surface area contributed by atoms with Crippen LogP contribution in [-0.2, 0) is 24.2 Å². The zero-order valence-electron chi connectivity index (χ0n) is 19.8. The third-order valence-corrected chi connectivity index (χ3v) is 8.05. The summed E-state index contributed by atoms with van der Waals surface area (Å²) in [6, 6.07) is 9.09. The predicted octanol–water partition coefficient (Wildman–Crippen LogP) is 2.72. The number of piperazine rings is 1. The number of aromatic nitrogens is 2. The predicted molar refractivity (Wildman–Crippen MR) is 137 cm³/mol. The number of aryl methyl sites for hydroxylation is 2. The summed E-state index contributed by atoms with van der Waals surface area (Å²) in [4.78, 5) is 51.6. The largest absolute Gasteiger partial charge is 0.352 e. The number of H-pyrrole nitrogens is 1. The number of carbonyl (C=O) groups is 2. The molecule has 2 N–H and O–H groups in total. The molecular formula is C26H31N5O3S. The molecule has 0 saturated carbocycles. The Morgan fingerprint density at radius 1 is 1.06 bits per heavy atom. The smallest absolute Gasteiger partial charge is 0.259 e. The van der Waals surface area contributed by atoms with Crippen LogP contribution in [-0.4, -0.2) is 64.3 Å². The Labute approximate surface area is 208 Å². The number of nitrogens with one attached hydrogen (secondary N) is 2. The van der Waals surface area contributed by atoms with Crippen LogP contribution in [0.2, 0.25) is 0 Å². The van der Waals surface area contributed by atoms with Crippen LogP contribution in [0.5, 0.6) is 0 Å². The second kappa shape index (κ2) is 10.7. The van der Waals surface area contributed by atoms with Gasteiger partial charge in [0, 0.05) is 49.6 Å². The summed E-state index contributed by atoms with van der Waals surface area (Å²) in [6.07, 6.45) is 5.41. The summed E-state index contributed by atoms with van der Waals surface area (Å²) < 4.78 is 0. The Morgan fingerprint density at radius 3 is 2.63 bits per heavy atom. The van der Waals surface area contributed by atoms with Gasteiger partial charge < -0.3 is 15.2 Å². The van der Waals surface area contributed by atoms with Crippen LogP contribution in [0.15, 0.2) is 35.1 Å². The fourth-order valence-corrected chi connectivity index (χ4v) is 6.22. The van der Waals surface area contributed by atoms with Gasteiger partial charge in [-0.05, 0) is 49.8 Å². The first-order valence-electron chi connectivity index (χ1n) is 12.5. The lowest BCUT2D eigenvalue weighted by molar-refractivity contribution is -0.133. The molecule has 184 valence electrons. The van der Waals surface area contributed by atoms with Crippen molar-refractivity contribution in [2.75, 3.05) is 32.7 Å². The van der Waals surface area contributed by atoms with E-state index in [0.717, 1.165) is 42.6 Å². The fourth-order valence-electron chi connectivity index (χ4n) is 4.94. The standard InChI is InChI=1S/C26H31N5O3S/c32-22(11-6-12-27-24(33)18-7-2-1-3-8-18)31-15-13-30(14-16-31)17-21-28-25(34)23-19-9-4-5-10-20(19)35-26(23)29-21/h1-3,7-8H,4-6,9-17H2,(H,27,33)(H,28,29,34). The van der Waals surface area contributed by atoms with E-state index in [1.165, 1.54) is 16.9 Å². The van der Waals surface area contributed by atoms with Crippen LogP contribution >= 0.6 is 11.3 Å². The van der Waals surface area contributed by atoms with Gasteiger partial charge in [-0.25, -0.2) is 4.98 Å². The molecule has 35 heavy (non-hydrogen) atoms. The van der Waals surface area contributed by atoms with Crippen molar-refractivity contribution in [2.45, 2.75) is 45.1 Å². The van der Waals surface area contributed by atoms with Crippen LogP contribution < -0.4 is 10.9 Å². The van der Waals surface area contributed by atoms with Gasteiger partial charge in [0.05, 0.1) is 11.9 Å². The molecule has 3 aromatic rings. The minimum Gasteiger partial charge on any atom is -0.352 e. The number of rotatable bonds is 7. The molecule has 2 aromatic heterocycles. The minimum atomic E-state index is -0.112. The molecule has 0 atom stereocenters. The molecule has 1 saturated heterocycles. The van der Waals surface area contributed by atoms with Crippen molar-refractivity contribution < 1.29 is 9.59 Å². The molecule has 1 aliphatic carbocycles. The van der Waals surface area contributed by atoms with Gasteiger partial charge in [-0.2, -0.15) is 0 Å². The molecule has 2 amide bonds. The third-order valence-electron chi connectivity index (χ3n) is 6.86.